The van der Waals surface area contributed by atoms with Gasteiger partial charge in [-0.3, -0.25) is 9.69 Å². The summed E-state index contributed by atoms with van der Waals surface area (Å²) in [7, 11) is 0. The predicted molar refractivity (Wildman–Crippen MR) is 112 cm³/mol. The van der Waals surface area contributed by atoms with Crippen LogP contribution in [0.2, 0.25) is 0 Å². The van der Waals surface area contributed by atoms with Crippen LogP contribution < -0.4 is 0 Å². The molecule has 29 heavy (non-hydrogen) atoms. The number of amides is 1. The van der Waals surface area contributed by atoms with Crippen molar-refractivity contribution in [2.24, 2.45) is 0 Å². The van der Waals surface area contributed by atoms with Crippen LogP contribution in [0.5, 0.6) is 0 Å². The van der Waals surface area contributed by atoms with E-state index in [0.717, 1.165) is 30.8 Å². The first-order valence-corrected chi connectivity index (χ1v) is 10.9. The van der Waals surface area contributed by atoms with Crippen molar-refractivity contribution in [3.63, 3.8) is 0 Å². The van der Waals surface area contributed by atoms with Gasteiger partial charge in [0.05, 0.1) is 31.3 Å². The summed E-state index contributed by atoms with van der Waals surface area (Å²) in [5, 5.41) is 0. The Bertz CT molecular complexity index is 785. The fourth-order valence-corrected chi connectivity index (χ4v) is 4.53. The van der Waals surface area contributed by atoms with Crippen LogP contribution in [0, 0.1) is 6.92 Å². The van der Waals surface area contributed by atoms with Gasteiger partial charge in [0.1, 0.15) is 0 Å². The number of carbonyl (C=O) groups excluding carboxylic acids is 1. The Kier molecular flexibility index (Phi) is 6.62. The van der Waals surface area contributed by atoms with Gasteiger partial charge in [0, 0.05) is 31.4 Å². The molecule has 2 fully saturated rings. The second-order valence-electron chi connectivity index (χ2n) is 8.40. The van der Waals surface area contributed by atoms with Crippen LogP contribution in [-0.2, 0) is 22.7 Å². The molecule has 2 heterocycles. The van der Waals surface area contributed by atoms with E-state index < -0.39 is 0 Å². The molecule has 1 atom stereocenters. The topological polar surface area (TPSA) is 61.5 Å². The Morgan fingerprint density at radius 3 is 2.66 bits per heavy atom. The molecule has 1 aromatic carbocycles. The minimum Gasteiger partial charge on any atom is -0.370 e. The average molecular weight is 397 g/mol. The Morgan fingerprint density at radius 1 is 1.14 bits per heavy atom. The summed E-state index contributed by atoms with van der Waals surface area (Å²) in [5.41, 5.74) is 3.24. The minimum absolute atomic E-state index is 0.00262. The number of imidazole rings is 1. The van der Waals surface area contributed by atoms with E-state index in [1.165, 1.54) is 24.8 Å². The molecule has 6 heteroatoms. The van der Waals surface area contributed by atoms with E-state index in [1.54, 1.807) is 6.33 Å². The maximum atomic E-state index is 13.2. The van der Waals surface area contributed by atoms with Crippen LogP contribution in [-0.4, -0.2) is 57.5 Å². The number of hydrogen-bond donors (Lipinski definition) is 1. The third-order valence-electron chi connectivity index (χ3n) is 6.19. The van der Waals surface area contributed by atoms with Crippen molar-refractivity contribution in [2.45, 2.75) is 64.3 Å². The number of hydrogen-bond acceptors (Lipinski definition) is 4. The second-order valence-corrected chi connectivity index (χ2v) is 8.40. The number of aromatic amines is 1. The van der Waals surface area contributed by atoms with Crippen LogP contribution in [0.1, 0.15) is 49.1 Å². The molecule has 1 saturated carbocycles. The fourth-order valence-electron chi connectivity index (χ4n) is 4.53. The normalized spacial score (nSPS) is 22.0. The summed E-state index contributed by atoms with van der Waals surface area (Å²) in [6, 6.07) is 10.6. The smallest absolute Gasteiger partial charge is 0.237 e. The van der Waals surface area contributed by atoms with E-state index in [1.807, 2.05) is 25.1 Å². The van der Waals surface area contributed by atoms with Gasteiger partial charge in [-0.05, 0) is 25.3 Å². The number of ether oxygens (including phenoxy) is 1. The van der Waals surface area contributed by atoms with Crippen molar-refractivity contribution in [3.8, 4) is 0 Å². The lowest BCUT2D eigenvalue weighted by atomic mass is 9.94. The molecule has 2 aliphatic rings. The Morgan fingerprint density at radius 2 is 1.93 bits per heavy atom. The highest BCUT2D eigenvalue weighted by atomic mass is 16.5. The summed E-state index contributed by atoms with van der Waals surface area (Å²) in [5.74, 6) is 0.232. The first kappa shape index (κ1) is 20.1. The number of nitrogens with one attached hydrogen (secondary N) is 1. The predicted octanol–water partition coefficient (Wildman–Crippen LogP) is 3.28. The first-order valence-electron chi connectivity index (χ1n) is 10.9. The number of rotatable bonds is 6. The van der Waals surface area contributed by atoms with Crippen molar-refractivity contribution < 1.29 is 9.53 Å². The first-order chi connectivity index (χ1) is 14.2. The number of H-pyrrole nitrogens is 1. The van der Waals surface area contributed by atoms with Crippen molar-refractivity contribution >= 4 is 5.91 Å². The van der Waals surface area contributed by atoms with Gasteiger partial charge in [-0.15, -0.1) is 0 Å². The van der Waals surface area contributed by atoms with Crippen LogP contribution in [0.15, 0.2) is 36.7 Å². The maximum Gasteiger partial charge on any atom is 0.237 e. The molecule has 156 valence electrons. The van der Waals surface area contributed by atoms with Gasteiger partial charge in [0.2, 0.25) is 5.91 Å². The highest BCUT2D eigenvalue weighted by molar-refractivity contribution is 5.79. The zero-order valence-electron chi connectivity index (χ0n) is 17.3. The highest BCUT2D eigenvalue weighted by Gasteiger charge is 2.33. The third-order valence-corrected chi connectivity index (χ3v) is 6.19. The Balaban J connectivity index is 1.48. The zero-order chi connectivity index (χ0) is 20.1. The zero-order valence-corrected chi connectivity index (χ0v) is 17.3. The van der Waals surface area contributed by atoms with Crippen LogP contribution in [0.3, 0.4) is 0 Å². The van der Waals surface area contributed by atoms with Gasteiger partial charge >= 0.3 is 0 Å². The molecule has 1 aliphatic heterocycles. The molecule has 0 spiro atoms. The van der Waals surface area contributed by atoms with Crippen molar-refractivity contribution in [3.05, 3.63) is 53.6 Å². The monoisotopic (exact) mass is 396 g/mol. The van der Waals surface area contributed by atoms with Crippen molar-refractivity contribution in [1.29, 1.82) is 0 Å². The molecule has 1 saturated heterocycles. The molecule has 0 bridgehead atoms. The summed E-state index contributed by atoms with van der Waals surface area (Å²) < 4.78 is 6.33. The number of benzene rings is 1. The summed E-state index contributed by atoms with van der Waals surface area (Å²) in [6.45, 7) is 5.15. The van der Waals surface area contributed by atoms with Gasteiger partial charge in [-0.25, -0.2) is 4.98 Å². The SMILES string of the molecule is Cc1[nH]cnc1CN1CC(=O)N(C2CCCCC2)CC(OCc2ccccc2)C1. The minimum atomic E-state index is 0.00262. The molecule has 1 amide bonds. The largest absolute Gasteiger partial charge is 0.370 e. The Hall–Kier alpha value is -2.18. The molecule has 6 nitrogen and oxygen atoms in total. The van der Waals surface area contributed by atoms with Crippen LogP contribution in [0.25, 0.3) is 0 Å². The molecule has 4 rings (SSSR count). The fraction of sp³-hybridized carbons (Fsp3) is 0.565. The second kappa shape index (κ2) is 9.55. The van der Waals surface area contributed by atoms with E-state index in [-0.39, 0.29) is 12.0 Å². The Labute approximate surface area is 173 Å². The summed E-state index contributed by atoms with van der Waals surface area (Å²) >= 11 is 0. The number of aromatic nitrogens is 2. The lowest BCUT2D eigenvalue weighted by molar-refractivity contribution is -0.135. The standard InChI is InChI=1S/C23H32N4O2/c1-18-22(25-17-24-18)14-26-12-21(29-16-19-8-4-2-5-9-19)13-27(23(28)15-26)20-10-6-3-7-11-20/h2,4-5,8-9,17,20-21H,3,6-7,10-16H2,1H3,(H,24,25). The molecule has 1 aliphatic carbocycles. The van der Waals surface area contributed by atoms with Crippen LogP contribution in [0.4, 0.5) is 0 Å². The molecular weight excluding hydrogens is 364 g/mol. The number of aryl methyl sites for hydroxylation is 1. The third kappa shape index (κ3) is 5.25. The maximum absolute atomic E-state index is 13.2. The lowest BCUT2D eigenvalue weighted by Gasteiger charge is -2.35. The van der Waals surface area contributed by atoms with E-state index >= 15 is 0 Å². The molecular formula is C23H32N4O2. The molecule has 2 aromatic rings. The van der Waals surface area contributed by atoms with Gasteiger partial charge in [0.25, 0.3) is 0 Å². The van der Waals surface area contributed by atoms with E-state index in [2.05, 4.69) is 31.9 Å². The molecule has 1 unspecified atom stereocenters. The average Bonchev–Trinajstić information content (AvgIpc) is 3.07. The van der Waals surface area contributed by atoms with Gasteiger partial charge in [-0.1, -0.05) is 49.6 Å². The molecule has 0 radical (unpaired) electrons. The van der Waals surface area contributed by atoms with E-state index in [4.69, 9.17) is 4.74 Å². The van der Waals surface area contributed by atoms with E-state index in [9.17, 15) is 4.79 Å². The number of nitrogens with zero attached hydrogens (tertiary/aromatic N) is 3. The summed E-state index contributed by atoms with van der Waals surface area (Å²) in [6.07, 6.45) is 7.70. The number of carbonyl (C=O) groups is 1. The highest BCUT2D eigenvalue weighted by Crippen LogP contribution is 2.25. The van der Waals surface area contributed by atoms with Gasteiger partial charge in [0.15, 0.2) is 0 Å². The summed E-state index contributed by atoms with van der Waals surface area (Å²) in [4.78, 5) is 25.0. The van der Waals surface area contributed by atoms with Gasteiger partial charge < -0.3 is 14.6 Å². The quantitative estimate of drug-likeness (QED) is 0.814. The molecule has 1 N–H and O–H groups in total. The van der Waals surface area contributed by atoms with Crippen molar-refractivity contribution in [1.82, 2.24) is 19.8 Å². The van der Waals surface area contributed by atoms with Gasteiger partial charge in [-0.2, -0.15) is 0 Å². The van der Waals surface area contributed by atoms with Crippen molar-refractivity contribution in [2.75, 3.05) is 19.6 Å². The van der Waals surface area contributed by atoms with E-state index in [0.29, 0.717) is 32.3 Å². The lowest BCUT2D eigenvalue weighted by Crippen LogP contribution is -2.45. The molecule has 1 aromatic heterocycles. The van der Waals surface area contributed by atoms with Crippen LogP contribution >= 0.6 is 0 Å².